The van der Waals surface area contributed by atoms with Crippen LogP contribution in [0.25, 0.3) is 11.1 Å². The standard InChI is InChI=1S/C32H45FO2/c1-3-5-7-9-24-11-13-26(14-12-24)29-19-20-30(31(33)21-29)27-15-17-28(18-16-27)32-34-22-25(23-35-32)10-8-6-4-2/h15-21,24-26,32H,3-14,22-23H2,1-2H3. The maximum absolute atomic E-state index is 15.1. The highest BCUT2D eigenvalue weighted by atomic mass is 19.1. The van der Waals surface area contributed by atoms with Gasteiger partial charge in [-0.15, -0.1) is 0 Å². The van der Waals surface area contributed by atoms with Gasteiger partial charge < -0.3 is 9.47 Å². The number of halogens is 1. The Kier molecular flexibility index (Phi) is 10.2. The zero-order valence-electron chi connectivity index (χ0n) is 21.9. The van der Waals surface area contributed by atoms with E-state index >= 15 is 4.39 Å². The summed E-state index contributed by atoms with van der Waals surface area (Å²) >= 11 is 0. The summed E-state index contributed by atoms with van der Waals surface area (Å²) in [5, 5.41) is 0. The van der Waals surface area contributed by atoms with Crippen molar-refractivity contribution in [2.24, 2.45) is 11.8 Å². The fourth-order valence-electron chi connectivity index (χ4n) is 5.89. The second-order valence-electron chi connectivity index (χ2n) is 10.9. The molecule has 1 saturated carbocycles. The summed E-state index contributed by atoms with van der Waals surface area (Å²) in [4.78, 5) is 0. The van der Waals surface area contributed by atoms with Gasteiger partial charge in [-0.2, -0.15) is 0 Å². The van der Waals surface area contributed by atoms with Crippen molar-refractivity contribution in [3.05, 3.63) is 59.4 Å². The Hall–Kier alpha value is -1.71. The molecular weight excluding hydrogens is 435 g/mol. The van der Waals surface area contributed by atoms with Crippen LogP contribution >= 0.6 is 0 Å². The van der Waals surface area contributed by atoms with E-state index in [1.807, 2.05) is 30.3 Å². The number of hydrogen-bond donors (Lipinski definition) is 0. The van der Waals surface area contributed by atoms with Crippen molar-refractivity contribution in [2.45, 2.75) is 103 Å². The normalized spacial score (nSPS) is 25.0. The Morgan fingerprint density at radius 2 is 1.31 bits per heavy atom. The minimum absolute atomic E-state index is 0.111. The number of rotatable bonds is 11. The lowest BCUT2D eigenvalue weighted by Crippen LogP contribution is -2.27. The molecule has 2 aromatic carbocycles. The molecule has 192 valence electrons. The van der Waals surface area contributed by atoms with E-state index in [0.29, 0.717) is 17.4 Å². The van der Waals surface area contributed by atoms with E-state index in [2.05, 4.69) is 19.9 Å². The lowest BCUT2D eigenvalue weighted by Gasteiger charge is -2.30. The van der Waals surface area contributed by atoms with Crippen molar-refractivity contribution in [2.75, 3.05) is 13.2 Å². The van der Waals surface area contributed by atoms with Gasteiger partial charge in [-0.3, -0.25) is 0 Å². The molecule has 0 aromatic heterocycles. The minimum atomic E-state index is -0.309. The predicted molar refractivity (Wildman–Crippen MR) is 143 cm³/mol. The first-order valence-corrected chi connectivity index (χ1v) is 14.3. The quantitative estimate of drug-likeness (QED) is 0.298. The Labute approximate surface area is 212 Å². The van der Waals surface area contributed by atoms with Crippen LogP contribution < -0.4 is 0 Å². The van der Waals surface area contributed by atoms with Crippen LogP contribution in [0.15, 0.2) is 42.5 Å². The molecule has 0 amide bonds. The molecule has 1 saturated heterocycles. The molecule has 4 rings (SSSR count). The average Bonchev–Trinajstić information content (AvgIpc) is 2.90. The van der Waals surface area contributed by atoms with Crippen molar-refractivity contribution in [3.8, 4) is 11.1 Å². The van der Waals surface area contributed by atoms with Gasteiger partial charge in [0.15, 0.2) is 6.29 Å². The van der Waals surface area contributed by atoms with Gasteiger partial charge in [0.25, 0.3) is 0 Å². The summed E-state index contributed by atoms with van der Waals surface area (Å²) in [6.45, 7) is 6.02. The zero-order valence-corrected chi connectivity index (χ0v) is 21.9. The van der Waals surface area contributed by atoms with Crippen LogP contribution in [-0.4, -0.2) is 13.2 Å². The lowest BCUT2D eigenvalue weighted by atomic mass is 9.77. The fraction of sp³-hybridized carbons (Fsp3) is 0.625. The molecule has 3 heteroatoms. The summed E-state index contributed by atoms with van der Waals surface area (Å²) in [6.07, 6.45) is 15.0. The third-order valence-electron chi connectivity index (χ3n) is 8.20. The van der Waals surface area contributed by atoms with Crippen LogP contribution in [0.1, 0.15) is 114 Å². The number of unbranched alkanes of at least 4 members (excludes halogenated alkanes) is 4. The molecule has 1 heterocycles. The minimum Gasteiger partial charge on any atom is -0.348 e. The first-order chi connectivity index (χ1) is 17.2. The van der Waals surface area contributed by atoms with Gasteiger partial charge in [0, 0.05) is 17.0 Å². The van der Waals surface area contributed by atoms with Crippen LogP contribution in [-0.2, 0) is 9.47 Å². The van der Waals surface area contributed by atoms with E-state index in [0.717, 1.165) is 30.3 Å². The summed E-state index contributed by atoms with van der Waals surface area (Å²) in [5.74, 6) is 1.78. The Bertz CT molecular complexity index is 877. The van der Waals surface area contributed by atoms with Crippen LogP contribution in [0.2, 0.25) is 0 Å². The maximum Gasteiger partial charge on any atom is 0.183 e. The van der Waals surface area contributed by atoms with E-state index in [9.17, 15) is 0 Å². The molecule has 0 radical (unpaired) electrons. The maximum atomic E-state index is 15.1. The van der Waals surface area contributed by atoms with Gasteiger partial charge in [-0.25, -0.2) is 4.39 Å². The summed E-state index contributed by atoms with van der Waals surface area (Å²) < 4.78 is 27.1. The van der Waals surface area contributed by atoms with Crippen molar-refractivity contribution < 1.29 is 13.9 Å². The molecule has 0 unspecified atom stereocenters. The molecule has 0 bridgehead atoms. The molecule has 2 aliphatic rings. The number of hydrogen-bond acceptors (Lipinski definition) is 2. The molecule has 2 fully saturated rings. The summed E-state index contributed by atoms with van der Waals surface area (Å²) in [6, 6.07) is 13.9. The van der Waals surface area contributed by atoms with Gasteiger partial charge >= 0.3 is 0 Å². The van der Waals surface area contributed by atoms with Gasteiger partial charge in [0.2, 0.25) is 0 Å². The van der Waals surface area contributed by atoms with E-state index in [4.69, 9.17) is 9.47 Å². The lowest BCUT2D eigenvalue weighted by molar-refractivity contribution is -0.206. The van der Waals surface area contributed by atoms with E-state index in [-0.39, 0.29) is 12.1 Å². The molecule has 35 heavy (non-hydrogen) atoms. The molecule has 1 aliphatic carbocycles. The average molecular weight is 481 g/mol. The Balaban J connectivity index is 1.30. The second kappa shape index (κ2) is 13.6. The highest BCUT2D eigenvalue weighted by molar-refractivity contribution is 5.65. The van der Waals surface area contributed by atoms with Crippen LogP contribution in [0.5, 0.6) is 0 Å². The van der Waals surface area contributed by atoms with Crippen molar-refractivity contribution in [1.82, 2.24) is 0 Å². The van der Waals surface area contributed by atoms with Crippen molar-refractivity contribution >= 4 is 0 Å². The van der Waals surface area contributed by atoms with Gasteiger partial charge in [-0.1, -0.05) is 95.2 Å². The molecular formula is C32H45FO2. The zero-order chi connectivity index (χ0) is 24.5. The van der Waals surface area contributed by atoms with Gasteiger partial charge in [-0.05, 0) is 61.1 Å². The SMILES string of the molecule is CCCCCC1CCC(c2ccc(-c3ccc(C4OCC(CCCCC)CO4)cc3)c(F)c2)CC1. The van der Waals surface area contributed by atoms with E-state index < -0.39 is 0 Å². The largest absolute Gasteiger partial charge is 0.348 e. The van der Waals surface area contributed by atoms with Crippen molar-refractivity contribution in [1.29, 1.82) is 0 Å². The summed E-state index contributed by atoms with van der Waals surface area (Å²) in [7, 11) is 0. The molecule has 1 aliphatic heterocycles. The first-order valence-electron chi connectivity index (χ1n) is 14.3. The van der Waals surface area contributed by atoms with Crippen molar-refractivity contribution in [3.63, 3.8) is 0 Å². The highest BCUT2D eigenvalue weighted by Crippen LogP contribution is 2.39. The topological polar surface area (TPSA) is 18.5 Å². The fourth-order valence-corrected chi connectivity index (χ4v) is 5.89. The smallest absolute Gasteiger partial charge is 0.183 e. The molecule has 0 spiro atoms. The monoisotopic (exact) mass is 480 g/mol. The van der Waals surface area contributed by atoms with E-state index in [1.165, 1.54) is 82.6 Å². The number of ether oxygens (including phenoxy) is 2. The third-order valence-corrected chi connectivity index (χ3v) is 8.20. The second-order valence-corrected chi connectivity index (χ2v) is 10.9. The molecule has 2 nitrogen and oxygen atoms in total. The Morgan fingerprint density at radius 1 is 0.714 bits per heavy atom. The molecule has 0 N–H and O–H groups in total. The summed E-state index contributed by atoms with van der Waals surface area (Å²) in [5.41, 5.74) is 3.77. The van der Waals surface area contributed by atoms with Gasteiger partial charge in [0.05, 0.1) is 13.2 Å². The predicted octanol–water partition coefficient (Wildman–Crippen LogP) is 9.59. The van der Waals surface area contributed by atoms with Gasteiger partial charge in [0.1, 0.15) is 5.82 Å². The van der Waals surface area contributed by atoms with Crippen LogP contribution in [0.3, 0.4) is 0 Å². The third kappa shape index (κ3) is 7.40. The molecule has 0 atom stereocenters. The Morgan fingerprint density at radius 3 is 1.91 bits per heavy atom. The van der Waals surface area contributed by atoms with E-state index in [1.54, 1.807) is 6.07 Å². The highest BCUT2D eigenvalue weighted by Gasteiger charge is 2.24. The first kappa shape index (κ1) is 26.4. The number of benzene rings is 2. The van der Waals surface area contributed by atoms with Crippen LogP contribution in [0, 0.1) is 17.7 Å². The van der Waals surface area contributed by atoms with Crippen LogP contribution in [0.4, 0.5) is 4.39 Å². The molecule has 2 aromatic rings.